The maximum absolute atomic E-state index is 13.0. The fourth-order valence-electron chi connectivity index (χ4n) is 2.65. The number of aryl methyl sites for hydroxylation is 1. The van der Waals surface area contributed by atoms with Crippen LogP contribution < -0.4 is 10.3 Å². The fraction of sp³-hybridized carbons (Fsp3) is 0.158. The Hall–Kier alpha value is -2.85. The van der Waals surface area contributed by atoms with Crippen molar-refractivity contribution in [3.63, 3.8) is 0 Å². The molecule has 0 amide bonds. The van der Waals surface area contributed by atoms with Gasteiger partial charge in [0, 0.05) is 23.0 Å². The highest BCUT2D eigenvalue weighted by molar-refractivity contribution is 7.92. The molecule has 1 aromatic heterocycles. The topological polar surface area (TPSA) is 91.9 Å². The third-order valence-electron chi connectivity index (χ3n) is 4.09. The Morgan fingerprint density at radius 2 is 1.87 bits per heavy atom. The Balaban J connectivity index is 1.99. The number of aromatic amines is 1. The molecule has 0 radical (unpaired) electrons. The molecule has 2 aromatic carbocycles. The summed E-state index contributed by atoms with van der Waals surface area (Å²) < 4.78 is 66.4. The molecular weight excluding hydrogens is 443 g/mol. The van der Waals surface area contributed by atoms with E-state index in [-0.39, 0.29) is 22.1 Å². The number of anilines is 1. The summed E-state index contributed by atoms with van der Waals surface area (Å²) in [4.78, 5) is 17.9. The number of nitrogens with zero attached hydrogens (tertiary/aromatic N) is 1. The van der Waals surface area contributed by atoms with E-state index in [0.717, 1.165) is 6.07 Å². The maximum Gasteiger partial charge on any atom is 0.416 e. The lowest BCUT2D eigenvalue weighted by atomic mass is 10.2. The van der Waals surface area contributed by atoms with Crippen molar-refractivity contribution in [3.8, 4) is 11.4 Å². The predicted octanol–water partition coefficient (Wildman–Crippen LogP) is 4.47. The van der Waals surface area contributed by atoms with Crippen LogP contribution in [0.25, 0.3) is 11.4 Å². The van der Waals surface area contributed by atoms with Crippen LogP contribution in [0.2, 0.25) is 5.02 Å². The van der Waals surface area contributed by atoms with Crippen molar-refractivity contribution >= 4 is 27.3 Å². The highest BCUT2D eigenvalue weighted by atomic mass is 35.5. The van der Waals surface area contributed by atoms with Crippen molar-refractivity contribution in [1.29, 1.82) is 0 Å². The van der Waals surface area contributed by atoms with Gasteiger partial charge >= 0.3 is 6.18 Å². The molecule has 0 aliphatic carbocycles. The van der Waals surface area contributed by atoms with Gasteiger partial charge in [-0.05, 0) is 36.8 Å². The number of rotatable bonds is 5. The van der Waals surface area contributed by atoms with Gasteiger partial charge in [-0.2, -0.15) is 13.2 Å². The zero-order chi connectivity index (χ0) is 22.1. The second-order valence-corrected chi connectivity index (χ2v) is 8.33. The number of alkyl halides is 3. The lowest BCUT2D eigenvalue weighted by Gasteiger charge is -2.13. The van der Waals surface area contributed by atoms with Crippen LogP contribution in [-0.2, 0) is 22.6 Å². The fourth-order valence-corrected chi connectivity index (χ4v) is 4.23. The third kappa shape index (κ3) is 4.82. The van der Waals surface area contributed by atoms with Gasteiger partial charge in [0.1, 0.15) is 10.7 Å². The monoisotopic (exact) mass is 457 g/mol. The van der Waals surface area contributed by atoms with Crippen molar-refractivity contribution in [1.82, 2.24) is 9.97 Å². The van der Waals surface area contributed by atoms with Crippen LogP contribution in [0.1, 0.15) is 18.2 Å². The van der Waals surface area contributed by atoms with E-state index in [2.05, 4.69) is 14.7 Å². The van der Waals surface area contributed by atoms with Gasteiger partial charge in [-0.15, -0.1) is 0 Å². The average molecular weight is 458 g/mol. The molecular formula is C19H15ClF3N3O3S. The van der Waals surface area contributed by atoms with Gasteiger partial charge in [-0.1, -0.05) is 30.7 Å². The first kappa shape index (κ1) is 21.8. The molecule has 158 valence electrons. The van der Waals surface area contributed by atoms with Crippen LogP contribution in [0.5, 0.6) is 0 Å². The lowest BCUT2D eigenvalue weighted by Crippen LogP contribution is -2.15. The average Bonchev–Trinajstić information content (AvgIpc) is 2.66. The van der Waals surface area contributed by atoms with Gasteiger partial charge in [-0.3, -0.25) is 9.52 Å². The molecule has 0 saturated carbocycles. The highest BCUT2D eigenvalue weighted by Crippen LogP contribution is 2.34. The number of aromatic nitrogens is 2. The zero-order valence-electron chi connectivity index (χ0n) is 15.4. The van der Waals surface area contributed by atoms with E-state index in [0.29, 0.717) is 29.8 Å². The second kappa shape index (κ2) is 8.11. The number of nitrogens with one attached hydrogen (secondary N) is 2. The molecule has 6 nitrogen and oxygen atoms in total. The van der Waals surface area contributed by atoms with Gasteiger partial charge in [0.2, 0.25) is 0 Å². The lowest BCUT2D eigenvalue weighted by molar-refractivity contribution is -0.137. The minimum atomic E-state index is -4.73. The van der Waals surface area contributed by atoms with E-state index in [1.54, 1.807) is 6.07 Å². The largest absolute Gasteiger partial charge is 0.416 e. The standard InChI is InChI=1S/C19H15ClF3N3O3S/c1-2-13-10-17(27)25-18(24-13)11-4-3-5-14(8-11)26-30(28,29)16-9-12(19(21,22)23)6-7-15(16)20/h3-10,26H,2H2,1H3,(H,24,25,27). The van der Waals surface area contributed by atoms with Crippen LogP contribution in [0, 0.1) is 0 Å². The summed E-state index contributed by atoms with van der Waals surface area (Å²) >= 11 is 5.84. The SMILES string of the molecule is CCc1cc(=O)[nH]c(-c2cccc(NS(=O)(=O)c3cc(C(F)(F)F)ccc3Cl)c2)n1. The molecule has 1 heterocycles. The molecule has 0 spiro atoms. The quantitative estimate of drug-likeness (QED) is 0.591. The second-order valence-electron chi connectivity index (χ2n) is 6.27. The molecule has 3 rings (SSSR count). The van der Waals surface area contributed by atoms with Gasteiger partial charge < -0.3 is 4.98 Å². The first-order valence-corrected chi connectivity index (χ1v) is 10.5. The summed E-state index contributed by atoms with van der Waals surface area (Å²) in [5, 5.41) is -0.353. The first-order chi connectivity index (χ1) is 14.0. The third-order valence-corrected chi connectivity index (χ3v) is 5.96. The molecule has 0 saturated heterocycles. The van der Waals surface area contributed by atoms with Crippen molar-refractivity contribution in [2.45, 2.75) is 24.4 Å². The highest BCUT2D eigenvalue weighted by Gasteiger charge is 2.32. The number of benzene rings is 2. The Morgan fingerprint density at radius 3 is 2.53 bits per heavy atom. The smallest absolute Gasteiger partial charge is 0.307 e. The molecule has 0 bridgehead atoms. The van der Waals surface area contributed by atoms with Crippen LogP contribution in [-0.4, -0.2) is 18.4 Å². The summed E-state index contributed by atoms with van der Waals surface area (Å²) in [6.45, 7) is 1.83. The molecule has 0 atom stereocenters. The number of H-pyrrole nitrogens is 1. The van der Waals surface area contributed by atoms with Gasteiger partial charge in [-0.25, -0.2) is 13.4 Å². The summed E-state index contributed by atoms with van der Waals surface area (Å²) in [7, 11) is -4.42. The molecule has 11 heteroatoms. The van der Waals surface area contributed by atoms with Crippen LogP contribution in [0.15, 0.2) is 58.2 Å². The van der Waals surface area contributed by atoms with Gasteiger partial charge in [0.05, 0.1) is 10.6 Å². The number of sulfonamides is 1. The molecule has 3 aromatic rings. The summed E-state index contributed by atoms with van der Waals surface area (Å²) in [5.41, 5.74) is -0.475. The zero-order valence-corrected chi connectivity index (χ0v) is 17.0. The van der Waals surface area contributed by atoms with Crippen LogP contribution in [0.4, 0.5) is 18.9 Å². The van der Waals surface area contributed by atoms with E-state index < -0.39 is 26.7 Å². The van der Waals surface area contributed by atoms with Crippen molar-refractivity contribution in [2.75, 3.05) is 4.72 Å². The summed E-state index contributed by atoms with van der Waals surface area (Å²) in [6.07, 6.45) is -4.20. The van der Waals surface area contributed by atoms with Crippen molar-refractivity contribution < 1.29 is 21.6 Å². The summed E-state index contributed by atoms with van der Waals surface area (Å²) in [6, 6.07) is 9.32. The number of halogens is 4. The maximum atomic E-state index is 13.0. The minimum absolute atomic E-state index is 0.0607. The summed E-state index contributed by atoms with van der Waals surface area (Å²) in [5.74, 6) is 0.234. The Bertz CT molecular complexity index is 1260. The molecule has 30 heavy (non-hydrogen) atoms. The van der Waals surface area contributed by atoms with E-state index in [9.17, 15) is 26.4 Å². The number of hydrogen-bond donors (Lipinski definition) is 2. The Kier molecular flexibility index (Phi) is 5.91. The Labute approximate surface area is 174 Å². The van der Waals surface area contributed by atoms with Crippen molar-refractivity contribution in [3.05, 3.63) is 75.2 Å². The van der Waals surface area contributed by atoms with E-state index >= 15 is 0 Å². The Morgan fingerprint density at radius 1 is 1.13 bits per heavy atom. The molecule has 0 aliphatic rings. The predicted molar refractivity (Wildman–Crippen MR) is 107 cm³/mol. The van der Waals surface area contributed by atoms with Gasteiger partial charge in [0.25, 0.3) is 15.6 Å². The molecule has 0 unspecified atom stereocenters. The molecule has 2 N–H and O–H groups in total. The van der Waals surface area contributed by atoms with Gasteiger partial charge in [0.15, 0.2) is 0 Å². The first-order valence-electron chi connectivity index (χ1n) is 8.60. The van der Waals surface area contributed by atoms with Crippen LogP contribution >= 0.6 is 11.6 Å². The van der Waals surface area contributed by atoms with E-state index in [1.807, 2.05) is 6.92 Å². The normalized spacial score (nSPS) is 12.0. The van der Waals surface area contributed by atoms with Crippen molar-refractivity contribution in [2.24, 2.45) is 0 Å². The molecule has 0 aliphatic heterocycles. The number of hydrogen-bond acceptors (Lipinski definition) is 4. The molecule has 0 fully saturated rings. The van der Waals surface area contributed by atoms with E-state index in [4.69, 9.17) is 11.6 Å². The minimum Gasteiger partial charge on any atom is -0.307 e. The van der Waals surface area contributed by atoms with E-state index in [1.165, 1.54) is 24.3 Å². The van der Waals surface area contributed by atoms with Crippen LogP contribution in [0.3, 0.4) is 0 Å².